The maximum Gasteiger partial charge on any atom is 0.160 e. The van der Waals surface area contributed by atoms with Crippen molar-refractivity contribution in [3.05, 3.63) is 212 Å². The maximum absolute atomic E-state index is 5.21. The molecule has 0 atom stereocenters. The van der Waals surface area contributed by atoms with Crippen LogP contribution in [0.5, 0.6) is 0 Å². The number of hydrogen-bond acceptors (Lipinski definition) is 3. The molecular weight excluding hydrogens is 679 g/mol. The molecule has 3 heteroatoms. The standard InChI is InChI=1S/C53H35N3/c1-4-16-36(17-5-1)39-22-14-27-44(34-39)53-55-49(37-18-6-2-7-19-37)35-50(56-53)43-26-13-24-41(33-43)40-23-12-25-42(32-40)45-29-15-30-47-51(45)46-28-10-11-31-48(46)54-52(47)38-20-8-3-9-21-38/h1-35H. The second kappa shape index (κ2) is 14.4. The molecule has 8 aromatic carbocycles. The van der Waals surface area contributed by atoms with E-state index < -0.39 is 0 Å². The fourth-order valence-electron chi connectivity index (χ4n) is 7.73. The summed E-state index contributed by atoms with van der Waals surface area (Å²) in [6, 6.07) is 74.5. The summed E-state index contributed by atoms with van der Waals surface area (Å²) in [4.78, 5) is 15.5. The van der Waals surface area contributed by atoms with Gasteiger partial charge in [-0.25, -0.2) is 15.0 Å². The van der Waals surface area contributed by atoms with Gasteiger partial charge in [0.2, 0.25) is 0 Å². The van der Waals surface area contributed by atoms with E-state index in [2.05, 4.69) is 200 Å². The van der Waals surface area contributed by atoms with E-state index in [0.717, 1.165) is 83.4 Å². The molecule has 0 aliphatic rings. The first-order chi connectivity index (χ1) is 27.7. The second-order valence-electron chi connectivity index (χ2n) is 14.0. The fraction of sp³-hybridized carbons (Fsp3) is 0. The quantitative estimate of drug-likeness (QED) is 0.154. The van der Waals surface area contributed by atoms with Crippen LogP contribution in [0.3, 0.4) is 0 Å². The van der Waals surface area contributed by atoms with Crippen molar-refractivity contribution in [1.82, 2.24) is 15.0 Å². The van der Waals surface area contributed by atoms with Gasteiger partial charge in [-0.2, -0.15) is 0 Å². The smallest absolute Gasteiger partial charge is 0.160 e. The lowest BCUT2D eigenvalue weighted by Gasteiger charge is -2.15. The van der Waals surface area contributed by atoms with Crippen LogP contribution in [0, 0.1) is 0 Å². The average Bonchev–Trinajstić information content (AvgIpc) is 3.29. The Bertz CT molecular complexity index is 3010. The van der Waals surface area contributed by atoms with Gasteiger partial charge in [0.15, 0.2) is 5.82 Å². The SMILES string of the molecule is c1ccc(-c2cccc(-c3nc(-c4ccccc4)cc(-c4cccc(-c5cccc(-c6cccc7c(-c8ccccc8)nc8ccccc8c67)c5)c4)n3)c2)cc1. The van der Waals surface area contributed by atoms with Gasteiger partial charge in [0.25, 0.3) is 0 Å². The van der Waals surface area contributed by atoms with Crippen molar-refractivity contribution < 1.29 is 0 Å². The average molecular weight is 714 g/mol. The van der Waals surface area contributed by atoms with Crippen LogP contribution in [-0.4, -0.2) is 15.0 Å². The Balaban J connectivity index is 1.08. The molecular formula is C53H35N3. The Morgan fingerprint density at radius 3 is 1.45 bits per heavy atom. The van der Waals surface area contributed by atoms with E-state index in [1.54, 1.807) is 0 Å². The highest BCUT2D eigenvalue weighted by Crippen LogP contribution is 2.40. The van der Waals surface area contributed by atoms with Gasteiger partial charge in [-0.05, 0) is 63.7 Å². The number of pyridine rings is 1. The molecule has 0 bridgehead atoms. The van der Waals surface area contributed by atoms with Crippen molar-refractivity contribution in [2.24, 2.45) is 0 Å². The molecule has 0 spiro atoms. The van der Waals surface area contributed by atoms with Crippen LogP contribution in [0.4, 0.5) is 0 Å². The van der Waals surface area contributed by atoms with Crippen molar-refractivity contribution in [2.75, 3.05) is 0 Å². The minimum Gasteiger partial charge on any atom is -0.247 e. The Morgan fingerprint density at radius 1 is 0.268 bits per heavy atom. The monoisotopic (exact) mass is 713 g/mol. The zero-order valence-electron chi connectivity index (χ0n) is 30.5. The van der Waals surface area contributed by atoms with E-state index in [9.17, 15) is 0 Å². The van der Waals surface area contributed by atoms with Crippen LogP contribution in [0.25, 0.3) is 100 Å². The van der Waals surface area contributed by atoms with Crippen LogP contribution in [0.1, 0.15) is 0 Å². The van der Waals surface area contributed by atoms with Crippen LogP contribution < -0.4 is 0 Å². The van der Waals surface area contributed by atoms with Gasteiger partial charge in [-0.15, -0.1) is 0 Å². The molecule has 56 heavy (non-hydrogen) atoms. The molecule has 2 heterocycles. The molecule has 0 unspecified atom stereocenters. The molecule has 0 radical (unpaired) electrons. The highest BCUT2D eigenvalue weighted by molar-refractivity contribution is 6.17. The molecule has 0 saturated carbocycles. The van der Waals surface area contributed by atoms with Gasteiger partial charge in [0, 0.05) is 38.4 Å². The molecule has 10 rings (SSSR count). The number of benzene rings is 8. The lowest BCUT2D eigenvalue weighted by Crippen LogP contribution is -1.96. The first kappa shape index (κ1) is 33.1. The van der Waals surface area contributed by atoms with Crippen molar-refractivity contribution >= 4 is 21.7 Å². The second-order valence-corrected chi connectivity index (χ2v) is 14.0. The minimum atomic E-state index is 0.694. The molecule has 3 nitrogen and oxygen atoms in total. The molecule has 0 saturated heterocycles. The van der Waals surface area contributed by atoms with E-state index >= 15 is 0 Å². The van der Waals surface area contributed by atoms with Gasteiger partial charge in [-0.3, -0.25) is 0 Å². The van der Waals surface area contributed by atoms with E-state index in [4.69, 9.17) is 15.0 Å². The Labute approximate surface area is 326 Å². The molecule has 10 aromatic rings. The van der Waals surface area contributed by atoms with Gasteiger partial charge in [0.1, 0.15) is 0 Å². The van der Waals surface area contributed by atoms with E-state index in [1.807, 2.05) is 12.1 Å². The van der Waals surface area contributed by atoms with Crippen molar-refractivity contribution in [3.8, 4) is 78.5 Å². The maximum atomic E-state index is 5.21. The molecule has 0 fully saturated rings. The van der Waals surface area contributed by atoms with Gasteiger partial charge < -0.3 is 0 Å². The number of fused-ring (bicyclic) bond motifs is 3. The van der Waals surface area contributed by atoms with Gasteiger partial charge in [0.05, 0.1) is 22.6 Å². The predicted octanol–water partition coefficient (Wildman–Crippen LogP) is 13.8. The summed E-state index contributed by atoms with van der Waals surface area (Å²) in [5, 5.41) is 3.50. The molecule has 2 aromatic heterocycles. The summed E-state index contributed by atoms with van der Waals surface area (Å²) in [6.07, 6.45) is 0. The normalized spacial score (nSPS) is 11.2. The van der Waals surface area contributed by atoms with E-state index in [-0.39, 0.29) is 0 Å². The first-order valence-electron chi connectivity index (χ1n) is 18.9. The third-order valence-corrected chi connectivity index (χ3v) is 10.5. The zero-order valence-corrected chi connectivity index (χ0v) is 30.5. The molecule has 262 valence electrons. The predicted molar refractivity (Wildman–Crippen MR) is 233 cm³/mol. The number of hydrogen-bond donors (Lipinski definition) is 0. The van der Waals surface area contributed by atoms with Crippen LogP contribution >= 0.6 is 0 Å². The highest BCUT2D eigenvalue weighted by atomic mass is 14.9. The number of para-hydroxylation sites is 1. The van der Waals surface area contributed by atoms with Crippen LogP contribution in [-0.2, 0) is 0 Å². The summed E-state index contributed by atoms with van der Waals surface area (Å²) in [7, 11) is 0. The summed E-state index contributed by atoms with van der Waals surface area (Å²) in [6.45, 7) is 0. The van der Waals surface area contributed by atoms with E-state index in [1.165, 1.54) is 10.9 Å². The van der Waals surface area contributed by atoms with Crippen LogP contribution in [0.2, 0.25) is 0 Å². The lowest BCUT2D eigenvalue weighted by molar-refractivity contribution is 1.18. The Kier molecular flexibility index (Phi) is 8.51. The number of aromatic nitrogens is 3. The fourth-order valence-corrected chi connectivity index (χ4v) is 7.73. The van der Waals surface area contributed by atoms with Crippen molar-refractivity contribution in [2.45, 2.75) is 0 Å². The largest absolute Gasteiger partial charge is 0.247 e. The Morgan fingerprint density at radius 2 is 0.732 bits per heavy atom. The minimum absolute atomic E-state index is 0.694. The topological polar surface area (TPSA) is 38.7 Å². The van der Waals surface area contributed by atoms with Crippen molar-refractivity contribution in [3.63, 3.8) is 0 Å². The Hall–Kier alpha value is -7.49. The highest BCUT2D eigenvalue weighted by Gasteiger charge is 2.16. The van der Waals surface area contributed by atoms with Gasteiger partial charge >= 0.3 is 0 Å². The summed E-state index contributed by atoms with van der Waals surface area (Å²) in [5.41, 5.74) is 14.8. The molecule has 0 amide bonds. The molecule has 0 aliphatic heterocycles. The molecule has 0 N–H and O–H groups in total. The third-order valence-electron chi connectivity index (χ3n) is 10.5. The molecule has 0 aliphatic carbocycles. The third kappa shape index (κ3) is 6.31. The summed E-state index contributed by atoms with van der Waals surface area (Å²) >= 11 is 0. The summed E-state index contributed by atoms with van der Waals surface area (Å²) < 4.78 is 0. The van der Waals surface area contributed by atoms with Gasteiger partial charge in [-0.1, -0.05) is 182 Å². The van der Waals surface area contributed by atoms with Crippen LogP contribution in [0.15, 0.2) is 212 Å². The lowest BCUT2D eigenvalue weighted by atomic mass is 9.91. The first-order valence-corrected chi connectivity index (χ1v) is 18.9. The van der Waals surface area contributed by atoms with E-state index in [0.29, 0.717) is 5.82 Å². The number of rotatable bonds is 7. The van der Waals surface area contributed by atoms with Crippen molar-refractivity contribution in [1.29, 1.82) is 0 Å². The summed E-state index contributed by atoms with van der Waals surface area (Å²) in [5.74, 6) is 0.694. The number of nitrogens with zero attached hydrogens (tertiary/aromatic N) is 3. The zero-order chi connectivity index (χ0) is 37.3.